The molecule has 4 heteroatoms. The van der Waals surface area contributed by atoms with Gasteiger partial charge in [0, 0.05) is 5.56 Å². The Morgan fingerprint density at radius 2 is 1.94 bits per heavy atom. The average molecular weight is 284 g/mol. The van der Waals surface area contributed by atoms with Gasteiger partial charge in [-0.25, -0.2) is 9.38 Å². The molecule has 0 unspecified atom stereocenters. The van der Waals surface area contributed by atoms with Crippen LogP contribution in [0.15, 0.2) is 41.0 Å². The third kappa shape index (κ3) is 3.38. The lowest BCUT2D eigenvalue weighted by atomic mass is 10.1. The molecule has 0 aromatic heterocycles. The highest BCUT2D eigenvalue weighted by atomic mass is 79.9. The summed E-state index contributed by atoms with van der Waals surface area (Å²) in [6, 6.07) is 5.40. The first-order valence-electron chi connectivity index (χ1n) is 4.72. The van der Waals surface area contributed by atoms with Crippen molar-refractivity contribution in [2.45, 2.75) is 13.8 Å². The lowest BCUT2D eigenvalue weighted by molar-refractivity contribution is 0.103. The van der Waals surface area contributed by atoms with Crippen LogP contribution in [0.2, 0.25) is 0 Å². The number of aliphatic imine (C=N–C) groups is 1. The van der Waals surface area contributed by atoms with Crippen molar-refractivity contribution in [3.63, 3.8) is 0 Å². The van der Waals surface area contributed by atoms with Gasteiger partial charge in [-0.15, -0.1) is 0 Å². The van der Waals surface area contributed by atoms with E-state index >= 15 is 0 Å². The van der Waals surface area contributed by atoms with Crippen LogP contribution in [0, 0.1) is 5.82 Å². The van der Waals surface area contributed by atoms with Crippen molar-refractivity contribution in [3.8, 4) is 0 Å². The van der Waals surface area contributed by atoms with E-state index in [4.69, 9.17) is 0 Å². The molecule has 0 heterocycles. The van der Waals surface area contributed by atoms with E-state index < -0.39 is 0 Å². The van der Waals surface area contributed by atoms with Crippen molar-refractivity contribution in [2.24, 2.45) is 4.99 Å². The predicted octanol–water partition coefficient (Wildman–Crippen LogP) is 3.73. The smallest absolute Gasteiger partial charge is 0.211 e. The van der Waals surface area contributed by atoms with Gasteiger partial charge in [-0.05, 0) is 54.0 Å². The molecule has 1 rings (SSSR count). The number of carbonyl (C=O) groups excluding carboxylic acids is 1. The Labute approximate surface area is 102 Å². The number of ketones is 1. The van der Waals surface area contributed by atoms with E-state index in [9.17, 15) is 9.18 Å². The lowest BCUT2D eigenvalue weighted by Crippen LogP contribution is -2.02. The van der Waals surface area contributed by atoms with E-state index in [2.05, 4.69) is 20.9 Å². The fourth-order valence-corrected chi connectivity index (χ4v) is 1.35. The maximum atomic E-state index is 12.7. The monoisotopic (exact) mass is 283 g/mol. The van der Waals surface area contributed by atoms with Crippen LogP contribution in [-0.4, -0.2) is 10.4 Å². The van der Waals surface area contributed by atoms with Gasteiger partial charge in [0.15, 0.2) is 0 Å². The molecule has 0 saturated heterocycles. The van der Waals surface area contributed by atoms with Crippen molar-refractivity contribution < 1.29 is 9.18 Å². The second-order valence-electron chi connectivity index (χ2n) is 3.12. The van der Waals surface area contributed by atoms with Crippen LogP contribution < -0.4 is 0 Å². The molecule has 0 saturated carbocycles. The van der Waals surface area contributed by atoms with Gasteiger partial charge in [-0.2, -0.15) is 0 Å². The first kappa shape index (κ1) is 12.8. The highest BCUT2D eigenvalue weighted by Crippen LogP contribution is 2.12. The molecule has 0 spiro atoms. The maximum absolute atomic E-state index is 12.7. The summed E-state index contributed by atoms with van der Waals surface area (Å²) in [6.45, 7) is 3.47. The van der Waals surface area contributed by atoms with Crippen LogP contribution in [-0.2, 0) is 0 Å². The van der Waals surface area contributed by atoms with Gasteiger partial charge < -0.3 is 0 Å². The van der Waals surface area contributed by atoms with Gasteiger partial charge in [-0.1, -0.05) is 6.08 Å². The summed E-state index contributed by atoms with van der Waals surface area (Å²) >= 11 is 3.17. The summed E-state index contributed by atoms with van der Waals surface area (Å²) in [5, 5.41) is 0. The molecule has 0 atom stereocenters. The molecular weight excluding hydrogens is 273 g/mol. The van der Waals surface area contributed by atoms with Crippen LogP contribution in [0.25, 0.3) is 0 Å². The largest absolute Gasteiger partial charge is 0.287 e. The summed E-state index contributed by atoms with van der Waals surface area (Å²) in [6.07, 6.45) is 1.62. The number of halogens is 2. The van der Waals surface area contributed by atoms with E-state index in [0.29, 0.717) is 15.9 Å². The standard InChI is InChI=1S/C12H11BrFNO/c1-3-11(15-8(2)13)12(16)9-4-6-10(14)7-5-9/h3-7H,1-2H3. The van der Waals surface area contributed by atoms with Gasteiger partial charge in [0.1, 0.15) is 11.5 Å². The van der Waals surface area contributed by atoms with Crippen molar-refractivity contribution in [1.82, 2.24) is 0 Å². The van der Waals surface area contributed by atoms with E-state index in [1.165, 1.54) is 24.3 Å². The number of nitrogens with zero attached hydrogens (tertiary/aromatic N) is 1. The molecule has 1 aromatic carbocycles. The molecule has 84 valence electrons. The Balaban J connectivity index is 3.02. The van der Waals surface area contributed by atoms with E-state index in [0.717, 1.165) is 0 Å². The maximum Gasteiger partial charge on any atom is 0.211 e. The van der Waals surface area contributed by atoms with Crippen LogP contribution in [0.4, 0.5) is 4.39 Å². The number of allylic oxidation sites excluding steroid dienone is 2. The molecule has 0 aliphatic heterocycles. The van der Waals surface area contributed by atoms with Crippen molar-refractivity contribution in [2.75, 3.05) is 0 Å². The van der Waals surface area contributed by atoms with Crippen LogP contribution in [0.5, 0.6) is 0 Å². The first-order valence-corrected chi connectivity index (χ1v) is 5.51. The highest BCUT2D eigenvalue weighted by Gasteiger charge is 2.10. The summed E-state index contributed by atoms with van der Waals surface area (Å²) in [4.78, 5) is 15.9. The van der Waals surface area contributed by atoms with Gasteiger partial charge in [-0.3, -0.25) is 4.79 Å². The number of hydrogen-bond acceptors (Lipinski definition) is 2. The molecule has 0 aliphatic rings. The number of rotatable bonds is 3. The first-order chi connectivity index (χ1) is 7.54. The molecule has 0 fully saturated rings. The molecule has 0 N–H and O–H groups in total. The number of carbonyl (C=O) groups is 1. The second-order valence-corrected chi connectivity index (χ2v) is 4.27. The van der Waals surface area contributed by atoms with Gasteiger partial charge in [0.2, 0.25) is 5.78 Å². The minimum Gasteiger partial charge on any atom is -0.287 e. The molecular formula is C12H11BrFNO. The molecule has 0 amide bonds. The summed E-state index contributed by atoms with van der Waals surface area (Å²) in [5.74, 6) is -0.583. The van der Waals surface area contributed by atoms with E-state index in [1.807, 2.05) is 0 Å². The molecule has 0 aliphatic carbocycles. The minimum absolute atomic E-state index is 0.221. The zero-order valence-corrected chi connectivity index (χ0v) is 10.6. The Bertz CT molecular complexity index is 445. The Kier molecular flexibility index (Phi) is 4.55. The quantitative estimate of drug-likeness (QED) is 0.472. The molecule has 0 bridgehead atoms. The topological polar surface area (TPSA) is 29.4 Å². The molecule has 16 heavy (non-hydrogen) atoms. The Morgan fingerprint density at radius 1 is 1.38 bits per heavy atom. The minimum atomic E-state index is -0.362. The zero-order valence-electron chi connectivity index (χ0n) is 9.00. The van der Waals surface area contributed by atoms with Crippen LogP contribution in [0.1, 0.15) is 24.2 Å². The van der Waals surface area contributed by atoms with E-state index in [-0.39, 0.29) is 11.6 Å². The van der Waals surface area contributed by atoms with Crippen molar-refractivity contribution in [3.05, 3.63) is 47.4 Å². The summed E-state index contributed by atoms with van der Waals surface area (Å²) < 4.78 is 13.3. The van der Waals surface area contributed by atoms with Gasteiger partial charge in [0.25, 0.3) is 0 Å². The van der Waals surface area contributed by atoms with Crippen molar-refractivity contribution >= 4 is 26.3 Å². The summed E-state index contributed by atoms with van der Waals surface area (Å²) in [7, 11) is 0. The van der Waals surface area contributed by atoms with E-state index in [1.54, 1.807) is 19.9 Å². The fraction of sp³-hybridized carbons (Fsp3) is 0.167. The van der Waals surface area contributed by atoms with Crippen LogP contribution in [0.3, 0.4) is 0 Å². The molecule has 0 radical (unpaired) electrons. The highest BCUT2D eigenvalue weighted by molar-refractivity contribution is 9.18. The number of hydrogen-bond donors (Lipinski definition) is 0. The summed E-state index contributed by atoms with van der Waals surface area (Å²) in [5.41, 5.74) is 0.757. The van der Waals surface area contributed by atoms with Crippen molar-refractivity contribution in [1.29, 1.82) is 0 Å². The number of Topliss-reactive ketones (excluding diaryl/α,β-unsaturated/α-hetero) is 1. The Hall–Kier alpha value is -1.29. The van der Waals surface area contributed by atoms with Crippen LogP contribution >= 0.6 is 15.9 Å². The third-order valence-corrected chi connectivity index (χ3v) is 2.06. The van der Waals surface area contributed by atoms with Gasteiger partial charge >= 0.3 is 0 Å². The molecule has 1 aromatic rings. The molecule has 2 nitrogen and oxygen atoms in total. The SMILES string of the molecule is CC=C(N=C(C)Br)C(=O)c1ccc(F)cc1. The second kappa shape index (κ2) is 5.70. The van der Waals surface area contributed by atoms with Gasteiger partial charge in [0.05, 0.1) is 4.62 Å². The average Bonchev–Trinajstić information content (AvgIpc) is 2.25. The third-order valence-electron chi connectivity index (χ3n) is 1.89. The Morgan fingerprint density at radius 3 is 2.38 bits per heavy atom. The zero-order chi connectivity index (χ0) is 12.1. The predicted molar refractivity (Wildman–Crippen MR) is 66.5 cm³/mol. The lowest BCUT2D eigenvalue weighted by Gasteiger charge is -2.01. The normalized spacial score (nSPS) is 12.8. The fourth-order valence-electron chi connectivity index (χ4n) is 1.16. The number of benzene rings is 1.